The van der Waals surface area contributed by atoms with Crippen molar-refractivity contribution in [3.05, 3.63) is 27.4 Å². The zero-order valence-electron chi connectivity index (χ0n) is 16.5. The Balaban J connectivity index is 1.60. The van der Waals surface area contributed by atoms with Crippen LogP contribution in [0.3, 0.4) is 0 Å². The fourth-order valence-corrected chi connectivity index (χ4v) is 5.11. The van der Waals surface area contributed by atoms with E-state index < -0.39 is 0 Å². The largest absolute Gasteiger partial charge is 0.333 e. The van der Waals surface area contributed by atoms with Crippen molar-refractivity contribution in [3.63, 3.8) is 0 Å². The lowest BCUT2D eigenvalue weighted by atomic mass is 9.92. The number of H-pyrrole nitrogens is 1. The lowest BCUT2D eigenvalue weighted by molar-refractivity contribution is -0.134. The molecule has 148 valence electrons. The number of hydrogen-bond donors (Lipinski definition) is 1. The molecule has 1 atom stereocenters. The Bertz CT molecular complexity index is 738. The lowest BCUT2D eigenvalue weighted by Gasteiger charge is -2.38. The van der Waals surface area contributed by atoms with Crippen LogP contribution in [0.5, 0.6) is 0 Å². The molecule has 27 heavy (non-hydrogen) atoms. The van der Waals surface area contributed by atoms with Crippen LogP contribution in [-0.2, 0) is 17.8 Å². The van der Waals surface area contributed by atoms with Crippen LogP contribution >= 0.6 is 0 Å². The summed E-state index contributed by atoms with van der Waals surface area (Å²) in [5, 5.41) is 0. The number of aromatic nitrogens is 2. The molecule has 1 N–H and O–H groups in total. The highest BCUT2D eigenvalue weighted by Gasteiger charge is 2.32. The number of aromatic amines is 1. The number of hydrogen-bond acceptors (Lipinski definition) is 4. The first-order valence-electron chi connectivity index (χ1n) is 10.8. The zero-order valence-corrected chi connectivity index (χ0v) is 16.5. The molecule has 0 radical (unpaired) electrons. The molecule has 0 aromatic carbocycles. The second kappa shape index (κ2) is 8.13. The van der Waals surface area contributed by atoms with Gasteiger partial charge in [0.05, 0.1) is 11.7 Å². The summed E-state index contributed by atoms with van der Waals surface area (Å²) < 4.78 is 0. The van der Waals surface area contributed by atoms with Crippen molar-refractivity contribution < 1.29 is 4.79 Å². The van der Waals surface area contributed by atoms with Crippen molar-refractivity contribution >= 4 is 5.91 Å². The standard InChI is InChI=1S/C21H32N4O2/c1-2-19(26)25-12-7-6-10-18(25)20-22-17-14-24(15-8-4-3-5-9-15)13-11-16(17)21(27)23-20/h15,18H,2-14H2,1H3,(H,22,23,27)/t18-/m1/s1. The highest BCUT2D eigenvalue weighted by atomic mass is 16.2. The molecule has 0 unspecified atom stereocenters. The summed E-state index contributed by atoms with van der Waals surface area (Å²) in [7, 11) is 0. The van der Waals surface area contributed by atoms with E-state index in [1.165, 1.54) is 32.1 Å². The van der Waals surface area contributed by atoms with Gasteiger partial charge in [-0.3, -0.25) is 14.5 Å². The van der Waals surface area contributed by atoms with Gasteiger partial charge in [-0.05, 0) is 38.5 Å². The van der Waals surface area contributed by atoms with Gasteiger partial charge in [-0.25, -0.2) is 4.98 Å². The van der Waals surface area contributed by atoms with Crippen molar-refractivity contribution in [2.75, 3.05) is 13.1 Å². The summed E-state index contributed by atoms with van der Waals surface area (Å²) in [6.45, 7) is 4.42. The van der Waals surface area contributed by atoms with Crippen LogP contribution in [0.2, 0.25) is 0 Å². The summed E-state index contributed by atoms with van der Waals surface area (Å²) in [5.74, 6) is 0.856. The van der Waals surface area contributed by atoms with E-state index in [2.05, 4.69) is 9.88 Å². The molecule has 2 aliphatic heterocycles. The van der Waals surface area contributed by atoms with Crippen LogP contribution < -0.4 is 5.56 Å². The van der Waals surface area contributed by atoms with E-state index in [9.17, 15) is 9.59 Å². The fraction of sp³-hybridized carbons (Fsp3) is 0.762. The van der Waals surface area contributed by atoms with E-state index in [4.69, 9.17) is 4.98 Å². The average molecular weight is 373 g/mol. The minimum atomic E-state index is -0.0748. The number of carbonyl (C=O) groups is 1. The molecule has 1 saturated carbocycles. The first-order valence-corrected chi connectivity index (χ1v) is 10.8. The SMILES string of the molecule is CCC(=O)N1CCCC[C@@H]1c1nc2c(c(=O)[nH]1)CCN(C1CCCCC1)C2. The molecule has 1 aromatic rings. The maximum absolute atomic E-state index is 12.7. The van der Waals surface area contributed by atoms with Gasteiger partial charge in [-0.1, -0.05) is 26.2 Å². The Morgan fingerprint density at radius 2 is 1.89 bits per heavy atom. The molecular formula is C21H32N4O2. The van der Waals surface area contributed by atoms with E-state index in [1.54, 1.807) is 0 Å². The number of rotatable bonds is 3. The fourth-order valence-electron chi connectivity index (χ4n) is 5.11. The maximum Gasteiger partial charge on any atom is 0.254 e. The van der Waals surface area contributed by atoms with Crippen LogP contribution in [-0.4, -0.2) is 44.8 Å². The molecular weight excluding hydrogens is 340 g/mol. The number of piperidine rings is 1. The van der Waals surface area contributed by atoms with Crippen LogP contribution in [0.1, 0.15) is 87.8 Å². The monoisotopic (exact) mass is 372 g/mol. The Morgan fingerprint density at radius 3 is 2.67 bits per heavy atom. The predicted octanol–water partition coefficient (Wildman–Crippen LogP) is 2.92. The molecule has 1 aliphatic carbocycles. The van der Waals surface area contributed by atoms with Gasteiger partial charge in [-0.2, -0.15) is 0 Å². The van der Waals surface area contributed by atoms with E-state index >= 15 is 0 Å². The third-order valence-electron chi connectivity index (χ3n) is 6.65. The second-order valence-electron chi connectivity index (χ2n) is 8.34. The van der Waals surface area contributed by atoms with Crippen LogP contribution in [0.4, 0.5) is 0 Å². The number of fused-ring (bicyclic) bond motifs is 1. The molecule has 0 bridgehead atoms. The first kappa shape index (κ1) is 18.7. The summed E-state index contributed by atoms with van der Waals surface area (Å²) in [6, 6.07) is 0.568. The third-order valence-corrected chi connectivity index (χ3v) is 6.65. The minimum Gasteiger partial charge on any atom is -0.333 e. The molecule has 1 amide bonds. The van der Waals surface area contributed by atoms with Gasteiger partial charge < -0.3 is 9.88 Å². The normalized spacial score (nSPS) is 24.6. The first-order chi connectivity index (χ1) is 13.2. The van der Waals surface area contributed by atoms with Crippen molar-refractivity contribution in [2.45, 2.75) is 89.8 Å². The van der Waals surface area contributed by atoms with Gasteiger partial charge in [0.2, 0.25) is 5.91 Å². The van der Waals surface area contributed by atoms with Crippen molar-refractivity contribution in [2.24, 2.45) is 0 Å². The average Bonchev–Trinajstić information content (AvgIpc) is 2.73. The van der Waals surface area contributed by atoms with Crippen molar-refractivity contribution in [1.29, 1.82) is 0 Å². The van der Waals surface area contributed by atoms with Crippen LogP contribution in [0.25, 0.3) is 0 Å². The molecule has 4 rings (SSSR count). The number of amides is 1. The number of likely N-dealkylation sites (tertiary alicyclic amines) is 1. The van der Waals surface area contributed by atoms with Gasteiger partial charge in [0, 0.05) is 37.7 Å². The Hall–Kier alpha value is -1.69. The smallest absolute Gasteiger partial charge is 0.254 e. The van der Waals surface area contributed by atoms with Crippen molar-refractivity contribution in [1.82, 2.24) is 19.8 Å². The predicted molar refractivity (Wildman–Crippen MR) is 104 cm³/mol. The molecule has 3 aliphatic rings. The Labute approximate surface area is 161 Å². The van der Waals surface area contributed by atoms with Crippen LogP contribution in [0, 0.1) is 0 Å². The van der Waals surface area contributed by atoms with E-state index in [1.807, 2.05) is 11.8 Å². The topological polar surface area (TPSA) is 69.3 Å². The molecule has 3 heterocycles. The Kier molecular flexibility index (Phi) is 5.62. The summed E-state index contributed by atoms with van der Waals surface area (Å²) in [4.78, 5) is 37.5. The Morgan fingerprint density at radius 1 is 1.11 bits per heavy atom. The number of nitrogens with zero attached hydrogens (tertiary/aromatic N) is 3. The molecule has 0 spiro atoms. The van der Waals surface area contributed by atoms with E-state index in [0.717, 1.165) is 56.6 Å². The highest BCUT2D eigenvalue weighted by Crippen LogP contribution is 2.31. The summed E-state index contributed by atoms with van der Waals surface area (Å²) in [5.41, 5.74) is 1.81. The van der Waals surface area contributed by atoms with Crippen molar-refractivity contribution in [3.8, 4) is 0 Å². The zero-order chi connectivity index (χ0) is 18.8. The molecule has 2 fully saturated rings. The molecule has 6 nitrogen and oxygen atoms in total. The molecule has 1 saturated heterocycles. The summed E-state index contributed by atoms with van der Waals surface area (Å²) >= 11 is 0. The minimum absolute atomic E-state index is 0.00719. The second-order valence-corrected chi connectivity index (χ2v) is 8.34. The number of carbonyl (C=O) groups excluding carboxylic acids is 1. The lowest BCUT2D eigenvalue weighted by Crippen LogP contribution is -2.44. The number of nitrogens with one attached hydrogen (secondary N) is 1. The highest BCUT2D eigenvalue weighted by molar-refractivity contribution is 5.76. The van der Waals surface area contributed by atoms with Gasteiger partial charge in [0.15, 0.2) is 0 Å². The van der Waals surface area contributed by atoms with E-state index in [-0.39, 0.29) is 17.5 Å². The van der Waals surface area contributed by atoms with Gasteiger partial charge in [-0.15, -0.1) is 0 Å². The van der Waals surface area contributed by atoms with Gasteiger partial charge >= 0.3 is 0 Å². The maximum atomic E-state index is 12.7. The van der Waals surface area contributed by atoms with E-state index in [0.29, 0.717) is 18.3 Å². The third kappa shape index (κ3) is 3.82. The summed E-state index contributed by atoms with van der Waals surface area (Å²) in [6.07, 6.45) is 10.8. The van der Waals surface area contributed by atoms with Gasteiger partial charge in [0.25, 0.3) is 5.56 Å². The molecule has 1 aromatic heterocycles. The van der Waals surface area contributed by atoms with Crippen LogP contribution in [0.15, 0.2) is 4.79 Å². The molecule has 6 heteroatoms. The quantitative estimate of drug-likeness (QED) is 0.886. The van der Waals surface area contributed by atoms with Gasteiger partial charge in [0.1, 0.15) is 5.82 Å².